The first kappa shape index (κ1) is 20.2. The van der Waals surface area contributed by atoms with Gasteiger partial charge in [0.1, 0.15) is 17.6 Å². The van der Waals surface area contributed by atoms with Gasteiger partial charge in [0.2, 0.25) is 0 Å². The number of aryl methyl sites for hydroxylation is 1. The molecule has 154 valence electrons. The van der Waals surface area contributed by atoms with E-state index in [2.05, 4.69) is 9.97 Å². The third kappa shape index (κ3) is 4.12. The molecule has 0 aliphatic carbocycles. The van der Waals surface area contributed by atoms with Crippen LogP contribution in [-0.4, -0.2) is 9.97 Å². The van der Waals surface area contributed by atoms with Crippen LogP contribution in [0.3, 0.4) is 0 Å². The summed E-state index contributed by atoms with van der Waals surface area (Å²) >= 11 is 0. The highest BCUT2D eigenvalue weighted by Gasteiger charge is 2.30. The van der Waals surface area contributed by atoms with Gasteiger partial charge in [-0.3, -0.25) is 4.79 Å². The van der Waals surface area contributed by atoms with Gasteiger partial charge in [-0.25, -0.2) is 4.98 Å². The van der Waals surface area contributed by atoms with Gasteiger partial charge < -0.3 is 9.40 Å². The van der Waals surface area contributed by atoms with E-state index < -0.39 is 11.7 Å². The Kier molecular flexibility index (Phi) is 4.95. The number of fused-ring (bicyclic) bond motifs is 1. The minimum atomic E-state index is -4.47. The molecular formula is C23H14F3N3O2. The molecule has 0 unspecified atom stereocenters. The number of nitrogens with one attached hydrogen (secondary N) is 1. The number of halogens is 3. The summed E-state index contributed by atoms with van der Waals surface area (Å²) < 4.78 is 44.5. The van der Waals surface area contributed by atoms with Crippen molar-refractivity contribution in [3.8, 4) is 17.4 Å². The summed E-state index contributed by atoms with van der Waals surface area (Å²) in [6.07, 6.45) is -3.09. The summed E-state index contributed by atoms with van der Waals surface area (Å²) in [5.41, 5.74) is 0.487. The Morgan fingerprint density at radius 3 is 2.71 bits per heavy atom. The fraction of sp³-hybridized carbons (Fsp3) is 0.0870. The third-order valence-electron chi connectivity index (χ3n) is 4.63. The molecule has 0 amide bonds. The van der Waals surface area contributed by atoms with Gasteiger partial charge in [-0.05, 0) is 48.9 Å². The number of H-pyrrole nitrogens is 1. The Labute approximate surface area is 174 Å². The lowest BCUT2D eigenvalue weighted by Gasteiger charge is -2.07. The average Bonchev–Trinajstić information content (AvgIpc) is 3.20. The molecule has 2 aromatic carbocycles. The number of benzene rings is 2. The summed E-state index contributed by atoms with van der Waals surface area (Å²) in [4.78, 5) is 19.3. The number of hydrogen-bond donors (Lipinski definition) is 1. The lowest BCUT2D eigenvalue weighted by Crippen LogP contribution is -2.11. The molecule has 0 bridgehead atoms. The van der Waals surface area contributed by atoms with Crippen LogP contribution in [0.5, 0.6) is 0 Å². The molecule has 0 spiro atoms. The van der Waals surface area contributed by atoms with Crippen LogP contribution in [0.1, 0.15) is 22.7 Å². The van der Waals surface area contributed by atoms with E-state index in [1.165, 1.54) is 30.3 Å². The molecule has 8 heteroatoms. The SMILES string of the molecule is Cc1ccc2c(=O)[nH]c(C(C#N)=Cc3ccc(-c4cccc(C(F)(F)F)c4)o3)nc2c1. The first-order valence-electron chi connectivity index (χ1n) is 9.15. The smallest absolute Gasteiger partial charge is 0.416 e. The number of furan rings is 1. The van der Waals surface area contributed by atoms with Crippen molar-refractivity contribution >= 4 is 22.6 Å². The van der Waals surface area contributed by atoms with E-state index in [4.69, 9.17) is 4.42 Å². The topological polar surface area (TPSA) is 82.7 Å². The molecule has 31 heavy (non-hydrogen) atoms. The number of alkyl halides is 3. The fourth-order valence-corrected chi connectivity index (χ4v) is 3.11. The van der Waals surface area contributed by atoms with Crippen molar-refractivity contribution in [1.82, 2.24) is 9.97 Å². The molecule has 4 rings (SSSR count). The Morgan fingerprint density at radius 2 is 1.97 bits per heavy atom. The highest BCUT2D eigenvalue weighted by atomic mass is 19.4. The Morgan fingerprint density at radius 1 is 1.16 bits per heavy atom. The second-order valence-corrected chi connectivity index (χ2v) is 6.89. The number of aromatic amines is 1. The molecule has 1 N–H and O–H groups in total. The van der Waals surface area contributed by atoms with E-state index in [1.54, 1.807) is 18.2 Å². The van der Waals surface area contributed by atoms with Gasteiger partial charge >= 0.3 is 6.18 Å². The zero-order chi connectivity index (χ0) is 22.2. The van der Waals surface area contributed by atoms with Crippen molar-refractivity contribution in [2.24, 2.45) is 0 Å². The van der Waals surface area contributed by atoms with Crippen molar-refractivity contribution < 1.29 is 17.6 Å². The van der Waals surface area contributed by atoms with E-state index in [-0.39, 0.29) is 34.0 Å². The third-order valence-corrected chi connectivity index (χ3v) is 4.63. The zero-order valence-electron chi connectivity index (χ0n) is 16.1. The van der Waals surface area contributed by atoms with Crippen LogP contribution in [0, 0.1) is 18.3 Å². The summed E-state index contributed by atoms with van der Waals surface area (Å²) in [5, 5.41) is 9.96. The number of hydrogen-bond acceptors (Lipinski definition) is 4. The van der Waals surface area contributed by atoms with Crippen LogP contribution < -0.4 is 5.56 Å². The van der Waals surface area contributed by atoms with Crippen LogP contribution in [0.2, 0.25) is 0 Å². The van der Waals surface area contributed by atoms with E-state index >= 15 is 0 Å². The summed E-state index contributed by atoms with van der Waals surface area (Å²) in [6.45, 7) is 1.86. The van der Waals surface area contributed by atoms with E-state index in [9.17, 15) is 23.2 Å². The molecule has 2 heterocycles. The van der Waals surface area contributed by atoms with Crippen LogP contribution >= 0.6 is 0 Å². The maximum Gasteiger partial charge on any atom is 0.416 e. The molecule has 0 atom stereocenters. The molecule has 0 saturated carbocycles. The van der Waals surface area contributed by atoms with Crippen LogP contribution in [0.25, 0.3) is 33.9 Å². The van der Waals surface area contributed by atoms with Gasteiger partial charge in [-0.2, -0.15) is 18.4 Å². The van der Waals surface area contributed by atoms with Crippen LogP contribution in [-0.2, 0) is 6.18 Å². The van der Waals surface area contributed by atoms with Gasteiger partial charge in [0.25, 0.3) is 5.56 Å². The molecule has 0 radical (unpaired) electrons. The predicted molar refractivity (Wildman–Crippen MR) is 110 cm³/mol. The number of rotatable bonds is 3. The molecule has 5 nitrogen and oxygen atoms in total. The second kappa shape index (κ2) is 7.61. The van der Waals surface area contributed by atoms with Crippen molar-refractivity contribution in [1.29, 1.82) is 5.26 Å². The largest absolute Gasteiger partial charge is 0.457 e. The minimum absolute atomic E-state index is 0.0467. The second-order valence-electron chi connectivity index (χ2n) is 6.89. The maximum atomic E-state index is 13.0. The standard InChI is InChI=1S/C23H14F3N3O2/c1-13-5-7-18-19(9-13)28-21(29-22(18)30)15(12-27)11-17-6-8-20(31-17)14-3-2-4-16(10-14)23(24,25)26/h2-11H,1H3,(H,28,29,30). The Balaban J connectivity index is 1.72. The van der Waals surface area contributed by atoms with Gasteiger partial charge in [-0.1, -0.05) is 18.2 Å². The Hall–Kier alpha value is -4.12. The maximum absolute atomic E-state index is 13.0. The van der Waals surface area contributed by atoms with Gasteiger partial charge in [-0.15, -0.1) is 0 Å². The quantitative estimate of drug-likeness (QED) is 0.438. The van der Waals surface area contributed by atoms with E-state index in [0.717, 1.165) is 17.7 Å². The normalized spacial score (nSPS) is 12.2. The predicted octanol–water partition coefficient (Wildman–Crippen LogP) is 5.57. The van der Waals surface area contributed by atoms with Crippen molar-refractivity contribution in [2.45, 2.75) is 13.1 Å². The van der Waals surface area contributed by atoms with Gasteiger partial charge in [0.15, 0.2) is 5.82 Å². The van der Waals surface area contributed by atoms with E-state index in [0.29, 0.717) is 10.9 Å². The summed E-state index contributed by atoms with van der Waals surface area (Å²) in [6, 6.07) is 14.9. The lowest BCUT2D eigenvalue weighted by atomic mass is 10.1. The minimum Gasteiger partial charge on any atom is -0.457 e. The molecule has 0 fully saturated rings. The molecule has 0 aliphatic rings. The molecular weight excluding hydrogens is 407 g/mol. The summed E-state index contributed by atoms with van der Waals surface area (Å²) in [5.74, 6) is 0.517. The van der Waals surface area contributed by atoms with Gasteiger partial charge in [0, 0.05) is 11.6 Å². The molecule has 4 aromatic rings. The highest BCUT2D eigenvalue weighted by molar-refractivity contribution is 5.88. The first-order chi connectivity index (χ1) is 14.7. The number of aromatic nitrogens is 2. The van der Waals surface area contributed by atoms with Crippen molar-refractivity contribution in [3.63, 3.8) is 0 Å². The average molecular weight is 421 g/mol. The van der Waals surface area contributed by atoms with Crippen molar-refractivity contribution in [3.05, 3.63) is 87.7 Å². The highest BCUT2D eigenvalue weighted by Crippen LogP contribution is 2.33. The molecule has 0 aliphatic heterocycles. The zero-order valence-corrected chi connectivity index (χ0v) is 16.1. The fourth-order valence-electron chi connectivity index (χ4n) is 3.11. The van der Waals surface area contributed by atoms with Crippen LogP contribution in [0.4, 0.5) is 13.2 Å². The number of nitrogens with zero attached hydrogens (tertiary/aromatic N) is 2. The number of nitriles is 1. The molecule has 0 saturated heterocycles. The lowest BCUT2D eigenvalue weighted by molar-refractivity contribution is -0.137. The first-order valence-corrected chi connectivity index (χ1v) is 9.15. The summed E-state index contributed by atoms with van der Waals surface area (Å²) in [7, 11) is 0. The van der Waals surface area contributed by atoms with E-state index in [1.807, 2.05) is 13.0 Å². The number of allylic oxidation sites excluding steroid dienone is 1. The van der Waals surface area contributed by atoms with Crippen LogP contribution in [0.15, 0.2) is 63.8 Å². The van der Waals surface area contributed by atoms with Crippen molar-refractivity contribution in [2.75, 3.05) is 0 Å². The van der Waals surface area contributed by atoms with Gasteiger partial charge in [0.05, 0.1) is 22.0 Å². The Bertz CT molecular complexity index is 1420. The molecule has 2 aromatic heterocycles. The monoisotopic (exact) mass is 421 g/mol.